The molecule has 130 valence electrons. The quantitative estimate of drug-likeness (QED) is 0.939. The second kappa shape index (κ2) is 5.77. The lowest BCUT2D eigenvalue weighted by Gasteiger charge is -2.46. The van der Waals surface area contributed by atoms with Gasteiger partial charge in [0, 0.05) is 11.9 Å². The lowest BCUT2D eigenvalue weighted by Crippen LogP contribution is -2.62. The van der Waals surface area contributed by atoms with E-state index < -0.39 is 17.3 Å². The van der Waals surface area contributed by atoms with Crippen LogP contribution in [0.5, 0.6) is 0 Å². The van der Waals surface area contributed by atoms with Gasteiger partial charge in [0.25, 0.3) is 0 Å². The highest BCUT2D eigenvalue weighted by atomic mass is 16.6. The number of carbonyl (C=O) groups is 1. The molecule has 6 heteroatoms. The molecular formula is C18H25N3O3. The number of amides is 1. The SMILES string of the molecule is CCCn1nc2ccccc2c1C1(O)CN(C(=O)OC(C)(C)C)C1. The molecule has 0 aliphatic carbocycles. The molecular weight excluding hydrogens is 306 g/mol. The van der Waals surface area contributed by atoms with Crippen LogP contribution in [0, 0.1) is 0 Å². The third kappa shape index (κ3) is 2.98. The molecule has 2 aromatic rings. The summed E-state index contributed by atoms with van der Waals surface area (Å²) in [6.07, 6.45) is 0.533. The standard InChI is InChI=1S/C18H25N3O3/c1-5-10-21-15(13-8-6-7-9-14(13)19-21)18(23)11-20(12-18)16(22)24-17(2,3)4/h6-9,23H,5,10-12H2,1-4H3. The van der Waals surface area contributed by atoms with E-state index in [9.17, 15) is 9.90 Å². The maximum atomic E-state index is 12.1. The van der Waals surface area contributed by atoms with Crippen LogP contribution >= 0.6 is 0 Å². The van der Waals surface area contributed by atoms with E-state index in [4.69, 9.17) is 4.74 Å². The molecule has 1 aliphatic rings. The van der Waals surface area contributed by atoms with Crippen molar-refractivity contribution >= 4 is 17.0 Å². The maximum absolute atomic E-state index is 12.1. The van der Waals surface area contributed by atoms with E-state index in [0.29, 0.717) is 0 Å². The molecule has 0 spiro atoms. The summed E-state index contributed by atoms with van der Waals surface area (Å²) in [5, 5.41) is 16.6. The molecule has 3 rings (SSSR count). The lowest BCUT2D eigenvalue weighted by molar-refractivity contribution is -0.107. The van der Waals surface area contributed by atoms with Crippen LogP contribution in [0.4, 0.5) is 4.79 Å². The van der Waals surface area contributed by atoms with Crippen molar-refractivity contribution in [1.29, 1.82) is 0 Å². The van der Waals surface area contributed by atoms with Crippen LogP contribution in [0.3, 0.4) is 0 Å². The summed E-state index contributed by atoms with van der Waals surface area (Å²) in [7, 11) is 0. The van der Waals surface area contributed by atoms with E-state index in [0.717, 1.165) is 29.6 Å². The number of ether oxygens (including phenoxy) is 1. The molecule has 1 N–H and O–H groups in total. The predicted molar refractivity (Wildman–Crippen MR) is 91.7 cm³/mol. The average Bonchev–Trinajstić information content (AvgIpc) is 2.81. The van der Waals surface area contributed by atoms with Crippen molar-refractivity contribution in [3.8, 4) is 0 Å². The fraction of sp³-hybridized carbons (Fsp3) is 0.556. The van der Waals surface area contributed by atoms with Gasteiger partial charge in [-0.25, -0.2) is 4.79 Å². The molecule has 0 bridgehead atoms. The van der Waals surface area contributed by atoms with Crippen molar-refractivity contribution in [3.05, 3.63) is 30.0 Å². The number of hydrogen-bond donors (Lipinski definition) is 1. The monoisotopic (exact) mass is 331 g/mol. The Kier molecular flexibility index (Phi) is 4.03. The fourth-order valence-corrected chi connectivity index (χ4v) is 3.14. The Balaban J connectivity index is 1.86. The van der Waals surface area contributed by atoms with Gasteiger partial charge in [0.2, 0.25) is 0 Å². The van der Waals surface area contributed by atoms with Crippen LogP contribution in [-0.2, 0) is 16.9 Å². The highest BCUT2D eigenvalue weighted by molar-refractivity contribution is 5.83. The van der Waals surface area contributed by atoms with E-state index in [2.05, 4.69) is 12.0 Å². The molecule has 0 unspecified atom stereocenters. The number of rotatable bonds is 3. The molecule has 0 saturated carbocycles. The zero-order valence-corrected chi connectivity index (χ0v) is 14.7. The Labute approximate surface area is 142 Å². The van der Waals surface area contributed by atoms with Crippen molar-refractivity contribution in [3.63, 3.8) is 0 Å². The number of fused-ring (bicyclic) bond motifs is 1. The van der Waals surface area contributed by atoms with Gasteiger partial charge in [-0.1, -0.05) is 25.1 Å². The Hall–Kier alpha value is -2.08. The summed E-state index contributed by atoms with van der Waals surface area (Å²) >= 11 is 0. The van der Waals surface area contributed by atoms with Gasteiger partial charge in [0.05, 0.1) is 24.3 Å². The van der Waals surface area contributed by atoms with Gasteiger partial charge in [0.15, 0.2) is 0 Å². The van der Waals surface area contributed by atoms with E-state index in [1.807, 2.05) is 49.7 Å². The Bertz CT molecular complexity index is 754. The molecule has 1 aromatic carbocycles. The van der Waals surface area contributed by atoms with E-state index >= 15 is 0 Å². The van der Waals surface area contributed by atoms with Gasteiger partial charge >= 0.3 is 6.09 Å². The van der Waals surface area contributed by atoms with Gasteiger partial charge in [0.1, 0.15) is 11.2 Å². The first-order chi connectivity index (χ1) is 11.2. The van der Waals surface area contributed by atoms with Crippen LogP contribution in [0.15, 0.2) is 24.3 Å². The third-order valence-corrected chi connectivity index (χ3v) is 4.08. The number of β-amino-alcohol motifs (C(OH)–C–C–N with tert-alkyl or cyclic N) is 1. The zero-order valence-electron chi connectivity index (χ0n) is 14.7. The first-order valence-electron chi connectivity index (χ1n) is 8.40. The van der Waals surface area contributed by atoms with Crippen LogP contribution in [0.1, 0.15) is 39.8 Å². The molecule has 1 fully saturated rings. The summed E-state index contributed by atoms with van der Waals surface area (Å²) in [5.41, 5.74) is 0.0359. The van der Waals surface area contributed by atoms with Crippen molar-refractivity contribution in [2.75, 3.05) is 13.1 Å². The van der Waals surface area contributed by atoms with E-state index in [1.165, 1.54) is 4.90 Å². The zero-order chi connectivity index (χ0) is 17.5. The highest BCUT2D eigenvalue weighted by Crippen LogP contribution is 2.37. The predicted octanol–water partition coefficient (Wildman–Crippen LogP) is 2.88. The molecule has 0 radical (unpaired) electrons. The van der Waals surface area contributed by atoms with Gasteiger partial charge in [-0.15, -0.1) is 0 Å². The maximum Gasteiger partial charge on any atom is 0.410 e. The molecule has 24 heavy (non-hydrogen) atoms. The topological polar surface area (TPSA) is 67.6 Å². The van der Waals surface area contributed by atoms with Gasteiger partial charge in [-0.05, 0) is 33.3 Å². The third-order valence-electron chi connectivity index (χ3n) is 4.08. The van der Waals surface area contributed by atoms with Gasteiger partial charge < -0.3 is 14.7 Å². The Morgan fingerprint density at radius 2 is 2.00 bits per heavy atom. The summed E-state index contributed by atoms with van der Waals surface area (Å²) < 4.78 is 7.24. The number of aryl methyl sites for hydroxylation is 1. The minimum absolute atomic E-state index is 0.224. The van der Waals surface area contributed by atoms with Crippen molar-refractivity contribution in [2.24, 2.45) is 0 Å². The summed E-state index contributed by atoms with van der Waals surface area (Å²) in [6, 6.07) is 7.79. The van der Waals surface area contributed by atoms with Crippen LogP contribution < -0.4 is 0 Å². The molecule has 1 amide bonds. The van der Waals surface area contributed by atoms with Crippen molar-refractivity contribution < 1.29 is 14.6 Å². The Morgan fingerprint density at radius 3 is 2.62 bits per heavy atom. The fourth-order valence-electron chi connectivity index (χ4n) is 3.14. The minimum Gasteiger partial charge on any atom is -0.444 e. The Morgan fingerprint density at radius 1 is 1.33 bits per heavy atom. The summed E-state index contributed by atoms with van der Waals surface area (Å²) in [5.74, 6) is 0. The second-order valence-electron chi connectivity index (χ2n) is 7.46. The number of carbonyl (C=O) groups excluding carboxylic acids is 1. The normalized spacial score (nSPS) is 17.0. The molecule has 1 saturated heterocycles. The molecule has 1 aromatic heterocycles. The number of benzene rings is 1. The average molecular weight is 331 g/mol. The van der Waals surface area contributed by atoms with Crippen LogP contribution in [-0.4, -0.2) is 44.6 Å². The molecule has 6 nitrogen and oxygen atoms in total. The van der Waals surface area contributed by atoms with Crippen LogP contribution in [0.2, 0.25) is 0 Å². The number of likely N-dealkylation sites (tertiary alicyclic amines) is 1. The van der Waals surface area contributed by atoms with Gasteiger partial charge in [-0.2, -0.15) is 5.10 Å². The second-order valence-corrected chi connectivity index (χ2v) is 7.46. The van der Waals surface area contributed by atoms with Crippen LogP contribution in [0.25, 0.3) is 10.9 Å². The number of aliphatic hydroxyl groups is 1. The first kappa shape index (κ1) is 16.8. The number of nitrogens with zero attached hydrogens (tertiary/aromatic N) is 3. The molecule has 2 heterocycles. The summed E-state index contributed by atoms with van der Waals surface area (Å²) in [4.78, 5) is 13.7. The number of aromatic nitrogens is 2. The van der Waals surface area contributed by atoms with Crippen molar-refractivity contribution in [2.45, 2.75) is 51.9 Å². The minimum atomic E-state index is -1.08. The largest absolute Gasteiger partial charge is 0.444 e. The molecule has 0 atom stereocenters. The number of hydrogen-bond acceptors (Lipinski definition) is 4. The molecule has 1 aliphatic heterocycles. The highest BCUT2D eigenvalue weighted by Gasteiger charge is 2.49. The van der Waals surface area contributed by atoms with Crippen molar-refractivity contribution in [1.82, 2.24) is 14.7 Å². The van der Waals surface area contributed by atoms with E-state index in [1.54, 1.807) is 0 Å². The summed E-state index contributed by atoms with van der Waals surface area (Å²) in [6.45, 7) is 8.76. The first-order valence-corrected chi connectivity index (χ1v) is 8.40. The van der Waals surface area contributed by atoms with Gasteiger partial charge in [-0.3, -0.25) is 4.68 Å². The smallest absolute Gasteiger partial charge is 0.410 e. The lowest BCUT2D eigenvalue weighted by atomic mass is 9.88. The van der Waals surface area contributed by atoms with E-state index in [-0.39, 0.29) is 13.1 Å².